The normalized spacial score (nSPS) is 36.6. The van der Waals surface area contributed by atoms with Crippen LogP contribution in [0.3, 0.4) is 0 Å². The first-order chi connectivity index (χ1) is 9.25. The summed E-state index contributed by atoms with van der Waals surface area (Å²) in [6, 6.07) is 0.133. The molecule has 20 heavy (non-hydrogen) atoms. The van der Waals surface area contributed by atoms with Crippen LogP contribution in [0.2, 0.25) is 0 Å². The molecular formula is C16H29ClN2O. The molecule has 4 heteroatoms. The van der Waals surface area contributed by atoms with Crippen molar-refractivity contribution in [3.05, 3.63) is 0 Å². The van der Waals surface area contributed by atoms with E-state index < -0.39 is 0 Å². The number of hydrogen-bond donors (Lipinski definition) is 2. The molecule has 0 aromatic heterocycles. The lowest BCUT2D eigenvalue weighted by Crippen LogP contribution is -2.45. The molecule has 0 aliphatic heterocycles. The van der Waals surface area contributed by atoms with Crippen LogP contribution in [0, 0.1) is 23.7 Å². The molecule has 0 aromatic rings. The quantitative estimate of drug-likeness (QED) is 0.839. The number of halogens is 1. The van der Waals surface area contributed by atoms with Crippen LogP contribution in [0.4, 0.5) is 0 Å². The summed E-state index contributed by atoms with van der Waals surface area (Å²) in [6.07, 6.45) is 11.7. The van der Waals surface area contributed by atoms with Crippen molar-refractivity contribution in [2.24, 2.45) is 29.4 Å². The summed E-state index contributed by atoms with van der Waals surface area (Å²) in [7, 11) is 0. The molecular weight excluding hydrogens is 272 g/mol. The van der Waals surface area contributed by atoms with Gasteiger partial charge in [0.15, 0.2) is 0 Å². The van der Waals surface area contributed by atoms with Crippen molar-refractivity contribution in [3.8, 4) is 0 Å². The average Bonchev–Trinajstić information content (AvgIpc) is 3.00. The van der Waals surface area contributed by atoms with Crippen LogP contribution in [-0.4, -0.2) is 18.5 Å². The largest absolute Gasteiger partial charge is 0.356 e. The standard InChI is InChI=1S/C16H28N2O.ClH/c17-15-13-7-6-12(10-13)14(15)16(19)18-9-8-11-4-2-1-3-5-11;/h11-15H,1-10,17H2,(H,18,19);1H. The molecule has 3 fully saturated rings. The Hall–Kier alpha value is -0.280. The summed E-state index contributed by atoms with van der Waals surface area (Å²) >= 11 is 0. The number of rotatable bonds is 4. The molecule has 0 aromatic carbocycles. The van der Waals surface area contributed by atoms with Gasteiger partial charge in [0.05, 0.1) is 5.92 Å². The summed E-state index contributed by atoms with van der Waals surface area (Å²) in [4.78, 5) is 12.3. The number of nitrogens with two attached hydrogens (primary N) is 1. The van der Waals surface area contributed by atoms with Gasteiger partial charge < -0.3 is 11.1 Å². The van der Waals surface area contributed by atoms with Gasteiger partial charge in [0, 0.05) is 12.6 Å². The molecule has 116 valence electrons. The van der Waals surface area contributed by atoms with E-state index in [1.54, 1.807) is 0 Å². The van der Waals surface area contributed by atoms with E-state index in [2.05, 4.69) is 5.32 Å². The van der Waals surface area contributed by atoms with Crippen LogP contribution in [0.1, 0.15) is 57.8 Å². The fourth-order valence-electron chi connectivity index (χ4n) is 4.72. The summed E-state index contributed by atoms with van der Waals surface area (Å²) < 4.78 is 0. The van der Waals surface area contributed by atoms with Gasteiger partial charge in [-0.1, -0.05) is 32.1 Å². The summed E-state index contributed by atoms with van der Waals surface area (Å²) in [5.41, 5.74) is 6.22. The minimum absolute atomic E-state index is 0. The maximum Gasteiger partial charge on any atom is 0.224 e. The van der Waals surface area contributed by atoms with E-state index in [0.29, 0.717) is 11.8 Å². The minimum Gasteiger partial charge on any atom is -0.356 e. The molecule has 3 aliphatic rings. The number of amides is 1. The number of nitrogens with one attached hydrogen (secondary N) is 1. The van der Waals surface area contributed by atoms with Gasteiger partial charge in [0.25, 0.3) is 0 Å². The molecule has 0 saturated heterocycles. The first kappa shape index (κ1) is 16.1. The van der Waals surface area contributed by atoms with Crippen LogP contribution >= 0.6 is 12.4 Å². The number of carbonyl (C=O) groups is 1. The van der Waals surface area contributed by atoms with E-state index in [1.165, 1.54) is 57.8 Å². The average molecular weight is 301 g/mol. The molecule has 3 saturated carbocycles. The predicted molar refractivity (Wildman–Crippen MR) is 83.7 cm³/mol. The number of hydrogen-bond acceptors (Lipinski definition) is 2. The SMILES string of the molecule is Cl.NC1C2CCC(C2)C1C(=O)NCCC1CCCCC1. The van der Waals surface area contributed by atoms with Crippen molar-refractivity contribution in [2.75, 3.05) is 6.54 Å². The first-order valence-electron chi connectivity index (χ1n) is 8.29. The van der Waals surface area contributed by atoms with Gasteiger partial charge in [-0.15, -0.1) is 12.4 Å². The molecule has 0 spiro atoms. The topological polar surface area (TPSA) is 55.1 Å². The molecule has 4 unspecified atom stereocenters. The lowest BCUT2D eigenvalue weighted by atomic mass is 9.84. The monoisotopic (exact) mass is 300 g/mol. The predicted octanol–water partition coefficient (Wildman–Crippen LogP) is 2.87. The van der Waals surface area contributed by atoms with Gasteiger partial charge >= 0.3 is 0 Å². The number of fused-ring (bicyclic) bond motifs is 2. The van der Waals surface area contributed by atoms with E-state index in [4.69, 9.17) is 5.73 Å². The van der Waals surface area contributed by atoms with E-state index in [9.17, 15) is 4.79 Å². The molecule has 0 radical (unpaired) electrons. The van der Waals surface area contributed by atoms with Crippen molar-refractivity contribution < 1.29 is 4.79 Å². The Kier molecular flexibility index (Phi) is 5.74. The van der Waals surface area contributed by atoms with E-state index in [0.717, 1.165) is 12.5 Å². The van der Waals surface area contributed by atoms with Gasteiger partial charge in [-0.3, -0.25) is 4.79 Å². The fraction of sp³-hybridized carbons (Fsp3) is 0.938. The maximum absolute atomic E-state index is 12.3. The lowest BCUT2D eigenvalue weighted by Gasteiger charge is -2.27. The van der Waals surface area contributed by atoms with Gasteiger partial charge in [-0.2, -0.15) is 0 Å². The second-order valence-electron chi connectivity index (χ2n) is 7.02. The van der Waals surface area contributed by atoms with Crippen LogP contribution in [0.25, 0.3) is 0 Å². The van der Waals surface area contributed by atoms with Crippen molar-refractivity contribution in [1.29, 1.82) is 0 Å². The molecule has 3 rings (SSSR count). The molecule has 4 atom stereocenters. The van der Waals surface area contributed by atoms with Crippen LogP contribution in [0.5, 0.6) is 0 Å². The first-order valence-corrected chi connectivity index (χ1v) is 8.29. The summed E-state index contributed by atoms with van der Waals surface area (Å²) in [5.74, 6) is 2.41. The molecule has 1 amide bonds. The highest BCUT2D eigenvalue weighted by Crippen LogP contribution is 2.47. The minimum atomic E-state index is 0. The highest BCUT2D eigenvalue weighted by molar-refractivity contribution is 5.85. The van der Waals surface area contributed by atoms with E-state index in [1.807, 2.05) is 0 Å². The molecule has 2 bridgehead atoms. The zero-order valence-electron chi connectivity index (χ0n) is 12.4. The Morgan fingerprint density at radius 3 is 2.40 bits per heavy atom. The van der Waals surface area contributed by atoms with Crippen molar-refractivity contribution in [3.63, 3.8) is 0 Å². The zero-order chi connectivity index (χ0) is 13.2. The van der Waals surface area contributed by atoms with Crippen LogP contribution in [-0.2, 0) is 4.79 Å². The Balaban J connectivity index is 0.00000147. The second-order valence-corrected chi connectivity index (χ2v) is 7.02. The second kappa shape index (κ2) is 7.13. The van der Waals surface area contributed by atoms with Gasteiger partial charge in [-0.05, 0) is 43.4 Å². The van der Waals surface area contributed by atoms with Crippen molar-refractivity contribution in [1.82, 2.24) is 5.32 Å². The van der Waals surface area contributed by atoms with Crippen LogP contribution < -0.4 is 11.1 Å². The molecule has 0 heterocycles. The van der Waals surface area contributed by atoms with Gasteiger partial charge in [0.1, 0.15) is 0 Å². The van der Waals surface area contributed by atoms with E-state index >= 15 is 0 Å². The van der Waals surface area contributed by atoms with Crippen molar-refractivity contribution in [2.45, 2.75) is 63.8 Å². The molecule has 3 N–H and O–H groups in total. The third-order valence-corrected chi connectivity index (χ3v) is 5.86. The van der Waals surface area contributed by atoms with Crippen LogP contribution in [0.15, 0.2) is 0 Å². The Morgan fingerprint density at radius 1 is 1.05 bits per heavy atom. The van der Waals surface area contributed by atoms with Crippen molar-refractivity contribution >= 4 is 18.3 Å². The highest BCUT2D eigenvalue weighted by atomic mass is 35.5. The Labute approximate surface area is 128 Å². The fourth-order valence-corrected chi connectivity index (χ4v) is 4.72. The van der Waals surface area contributed by atoms with Gasteiger partial charge in [0.2, 0.25) is 5.91 Å². The third kappa shape index (κ3) is 3.30. The molecule has 3 aliphatic carbocycles. The van der Waals surface area contributed by atoms with E-state index in [-0.39, 0.29) is 30.3 Å². The summed E-state index contributed by atoms with van der Waals surface area (Å²) in [5, 5.41) is 3.17. The zero-order valence-corrected chi connectivity index (χ0v) is 13.2. The van der Waals surface area contributed by atoms with Gasteiger partial charge in [-0.25, -0.2) is 0 Å². The maximum atomic E-state index is 12.3. The number of carbonyl (C=O) groups excluding carboxylic acids is 1. The smallest absolute Gasteiger partial charge is 0.224 e. The molecule has 3 nitrogen and oxygen atoms in total. The highest BCUT2D eigenvalue weighted by Gasteiger charge is 2.48. The Bertz CT molecular complexity index is 328. The Morgan fingerprint density at radius 2 is 1.75 bits per heavy atom. The third-order valence-electron chi connectivity index (χ3n) is 5.86. The summed E-state index contributed by atoms with van der Waals surface area (Å²) in [6.45, 7) is 0.865. The lowest BCUT2D eigenvalue weighted by molar-refractivity contribution is -0.127.